The number of allylic oxidation sites excluding steroid dienone is 3. The summed E-state index contributed by atoms with van der Waals surface area (Å²) < 4.78 is 5.38. The number of hydrogen-bond acceptors (Lipinski definition) is 2. The van der Waals surface area contributed by atoms with Crippen LogP contribution in [0.4, 0.5) is 0 Å². The third-order valence-electron chi connectivity index (χ3n) is 3.25. The molecule has 0 saturated heterocycles. The van der Waals surface area contributed by atoms with Crippen LogP contribution in [0.1, 0.15) is 57.8 Å². The normalized spacial score (nSPS) is 21.0. The highest BCUT2D eigenvalue weighted by atomic mass is 16.5. The first-order chi connectivity index (χ1) is 7.84. The molecule has 2 rings (SSSR count). The molecule has 0 heterocycles. The maximum atomic E-state index is 11.7. The van der Waals surface area contributed by atoms with Crippen molar-refractivity contribution in [3.8, 4) is 0 Å². The second kappa shape index (κ2) is 5.88. The van der Waals surface area contributed by atoms with Gasteiger partial charge in [0.15, 0.2) is 0 Å². The van der Waals surface area contributed by atoms with E-state index in [1.807, 2.05) is 0 Å². The summed E-state index contributed by atoms with van der Waals surface area (Å²) in [5.41, 5.74) is 1.27. The molecule has 2 heteroatoms. The van der Waals surface area contributed by atoms with Gasteiger partial charge in [-0.15, -0.1) is 0 Å². The van der Waals surface area contributed by atoms with Gasteiger partial charge in [0, 0.05) is 6.42 Å². The number of rotatable bonds is 3. The summed E-state index contributed by atoms with van der Waals surface area (Å²) in [6.07, 6.45) is 13.9. The average molecular weight is 220 g/mol. The molecule has 0 saturated carbocycles. The summed E-state index contributed by atoms with van der Waals surface area (Å²) >= 11 is 0. The van der Waals surface area contributed by atoms with Crippen LogP contribution < -0.4 is 0 Å². The van der Waals surface area contributed by atoms with Crippen molar-refractivity contribution < 1.29 is 9.53 Å². The van der Waals surface area contributed by atoms with E-state index < -0.39 is 0 Å². The lowest BCUT2D eigenvalue weighted by Gasteiger charge is -2.15. The zero-order valence-corrected chi connectivity index (χ0v) is 9.84. The first kappa shape index (κ1) is 11.4. The van der Waals surface area contributed by atoms with Crippen molar-refractivity contribution in [2.45, 2.75) is 57.8 Å². The fourth-order valence-electron chi connectivity index (χ4n) is 2.33. The van der Waals surface area contributed by atoms with Gasteiger partial charge >= 0.3 is 5.97 Å². The fraction of sp³-hybridized carbons (Fsp3) is 0.643. The predicted molar refractivity (Wildman–Crippen MR) is 63.8 cm³/mol. The van der Waals surface area contributed by atoms with Crippen LogP contribution in [0.25, 0.3) is 0 Å². The zero-order valence-electron chi connectivity index (χ0n) is 9.84. The Morgan fingerprint density at radius 3 is 2.44 bits per heavy atom. The van der Waals surface area contributed by atoms with E-state index in [9.17, 15) is 4.79 Å². The molecule has 88 valence electrons. The molecule has 0 N–H and O–H groups in total. The SMILES string of the molecule is O=C(CC1=CCCCC1)OC1=CCCCC1. The summed E-state index contributed by atoms with van der Waals surface area (Å²) in [7, 11) is 0. The Morgan fingerprint density at radius 1 is 1.06 bits per heavy atom. The van der Waals surface area contributed by atoms with Crippen molar-refractivity contribution in [2.75, 3.05) is 0 Å². The van der Waals surface area contributed by atoms with Crippen molar-refractivity contribution in [3.05, 3.63) is 23.5 Å². The van der Waals surface area contributed by atoms with Crippen LogP contribution in [-0.4, -0.2) is 5.97 Å². The Bertz CT molecular complexity index is 283. The van der Waals surface area contributed by atoms with E-state index in [1.54, 1.807) is 0 Å². The number of carbonyl (C=O) groups is 1. The molecule has 0 aliphatic heterocycles. The van der Waals surface area contributed by atoms with Gasteiger partial charge in [0.25, 0.3) is 0 Å². The third kappa shape index (κ3) is 3.51. The van der Waals surface area contributed by atoms with Crippen molar-refractivity contribution in [1.29, 1.82) is 0 Å². The van der Waals surface area contributed by atoms with Gasteiger partial charge in [-0.05, 0) is 51.0 Å². The molecule has 0 aromatic rings. The fourth-order valence-corrected chi connectivity index (χ4v) is 2.33. The minimum absolute atomic E-state index is 0.0682. The van der Waals surface area contributed by atoms with Crippen molar-refractivity contribution >= 4 is 5.97 Å². The smallest absolute Gasteiger partial charge is 0.314 e. The molecule has 2 aliphatic carbocycles. The Balaban J connectivity index is 1.79. The summed E-state index contributed by atoms with van der Waals surface area (Å²) in [6.45, 7) is 0. The molecule has 2 nitrogen and oxygen atoms in total. The molecular weight excluding hydrogens is 200 g/mol. The van der Waals surface area contributed by atoms with Gasteiger partial charge < -0.3 is 4.74 Å². The monoisotopic (exact) mass is 220 g/mol. The molecule has 0 bridgehead atoms. The Kier molecular flexibility index (Phi) is 4.20. The minimum Gasteiger partial charge on any atom is -0.431 e. The van der Waals surface area contributed by atoms with E-state index in [0.717, 1.165) is 37.9 Å². The van der Waals surface area contributed by atoms with Gasteiger partial charge in [-0.25, -0.2) is 0 Å². The van der Waals surface area contributed by atoms with E-state index in [4.69, 9.17) is 4.74 Å². The van der Waals surface area contributed by atoms with Crippen LogP contribution in [0.15, 0.2) is 23.5 Å². The van der Waals surface area contributed by atoms with Gasteiger partial charge in [-0.2, -0.15) is 0 Å². The number of ether oxygens (including phenoxy) is 1. The molecule has 0 aromatic heterocycles. The van der Waals surface area contributed by atoms with E-state index in [1.165, 1.54) is 24.8 Å². The Labute approximate surface area is 97.4 Å². The van der Waals surface area contributed by atoms with Crippen LogP contribution in [0, 0.1) is 0 Å². The van der Waals surface area contributed by atoms with Crippen LogP contribution in [0.5, 0.6) is 0 Å². The quantitative estimate of drug-likeness (QED) is 0.533. The molecule has 0 aromatic carbocycles. The van der Waals surface area contributed by atoms with Crippen LogP contribution in [-0.2, 0) is 9.53 Å². The molecule has 0 unspecified atom stereocenters. The van der Waals surface area contributed by atoms with Crippen molar-refractivity contribution in [1.82, 2.24) is 0 Å². The third-order valence-corrected chi connectivity index (χ3v) is 3.25. The lowest BCUT2D eigenvalue weighted by atomic mass is 9.97. The lowest BCUT2D eigenvalue weighted by molar-refractivity contribution is -0.139. The average Bonchev–Trinajstić information content (AvgIpc) is 2.31. The van der Waals surface area contributed by atoms with Crippen molar-refractivity contribution in [3.63, 3.8) is 0 Å². The number of hydrogen-bond donors (Lipinski definition) is 0. The lowest BCUT2D eigenvalue weighted by Crippen LogP contribution is -2.08. The standard InChI is InChI=1S/C14H20O2/c15-14(11-12-7-3-1-4-8-12)16-13-9-5-2-6-10-13/h7,9H,1-6,8,10-11H2. The predicted octanol–water partition coefficient (Wildman–Crippen LogP) is 3.88. The number of carbonyl (C=O) groups excluding carboxylic acids is 1. The highest BCUT2D eigenvalue weighted by Crippen LogP contribution is 2.23. The molecule has 2 aliphatic rings. The molecule has 0 amide bonds. The molecule has 0 radical (unpaired) electrons. The topological polar surface area (TPSA) is 26.3 Å². The number of esters is 1. The summed E-state index contributed by atoms with van der Waals surface area (Å²) in [6, 6.07) is 0. The maximum absolute atomic E-state index is 11.7. The summed E-state index contributed by atoms with van der Waals surface area (Å²) in [5.74, 6) is 0.828. The highest BCUT2D eigenvalue weighted by molar-refractivity contribution is 5.73. The second-order valence-corrected chi connectivity index (χ2v) is 4.68. The van der Waals surface area contributed by atoms with Gasteiger partial charge in [-0.3, -0.25) is 4.79 Å². The molecular formula is C14H20O2. The van der Waals surface area contributed by atoms with Crippen LogP contribution in [0.3, 0.4) is 0 Å². The highest BCUT2D eigenvalue weighted by Gasteiger charge is 2.13. The molecule has 16 heavy (non-hydrogen) atoms. The Hall–Kier alpha value is -1.05. The molecule has 0 atom stereocenters. The largest absolute Gasteiger partial charge is 0.431 e. The van der Waals surface area contributed by atoms with Gasteiger partial charge in [0.1, 0.15) is 5.76 Å². The van der Waals surface area contributed by atoms with Gasteiger partial charge in [0.05, 0.1) is 6.42 Å². The maximum Gasteiger partial charge on any atom is 0.314 e. The van der Waals surface area contributed by atoms with Gasteiger partial charge in [0.2, 0.25) is 0 Å². The Morgan fingerprint density at radius 2 is 1.81 bits per heavy atom. The zero-order chi connectivity index (χ0) is 11.2. The van der Waals surface area contributed by atoms with Gasteiger partial charge in [-0.1, -0.05) is 11.6 Å². The molecule has 0 spiro atoms. The van der Waals surface area contributed by atoms with E-state index >= 15 is 0 Å². The van der Waals surface area contributed by atoms with E-state index in [-0.39, 0.29) is 5.97 Å². The first-order valence-corrected chi connectivity index (χ1v) is 6.42. The minimum atomic E-state index is -0.0682. The first-order valence-electron chi connectivity index (χ1n) is 6.42. The van der Waals surface area contributed by atoms with E-state index in [0.29, 0.717) is 6.42 Å². The van der Waals surface area contributed by atoms with E-state index in [2.05, 4.69) is 12.2 Å². The molecule has 0 fully saturated rings. The summed E-state index contributed by atoms with van der Waals surface area (Å²) in [5, 5.41) is 0. The van der Waals surface area contributed by atoms with Crippen molar-refractivity contribution in [2.24, 2.45) is 0 Å². The second-order valence-electron chi connectivity index (χ2n) is 4.68. The van der Waals surface area contributed by atoms with Crippen LogP contribution in [0.2, 0.25) is 0 Å². The van der Waals surface area contributed by atoms with Crippen LogP contribution >= 0.6 is 0 Å². The summed E-state index contributed by atoms with van der Waals surface area (Å²) in [4.78, 5) is 11.7.